The Morgan fingerprint density at radius 2 is 1.25 bits per heavy atom. The quantitative estimate of drug-likeness (QED) is 0.0321. The number of hydrogen-bond acceptors (Lipinski definition) is 17. The van der Waals surface area contributed by atoms with Gasteiger partial charge in [0, 0.05) is 38.9 Å². The normalized spacial score (nSPS) is 12.2. The van der Waals surface area contributed by atoms with Crippen LogP contribution in [0, 0.1) is 13.8 Å². The van der Waals surface area contributed by atoms with E-state index in [4.69, 9.17) is 23.7 Å². The number of hydrogen-bond donors (Lipinski definition) is 6. The molecule has 1 atom stereocenters. The molecule has 0 fully saturated rings. The van der Waals surface area contributed by atoms with Crippen LogP contribution in [0.2, 0.25) is 0 Å². The number of hydroxylamine groups is 1. The molecule has 22 nitrogen and oxygen atoms in total. The number of phosphoric ester groups is 1. The number of carbonyl (C=O) groups is 5. The SMILES string of the molecule is COC(=O)NCC(CNC(=O)OC)OC(=O)NCCOCCOCCNC(=O)Oc1cc(C)cc(C)c1C(C)(C)OC(=O)NCCCCCCNOP(=O)([O-])OC. The number of ether oxygens (including phenoxy) is 7. The molecule has 0 saturated heterocycles. The van der Waals surface area contributed by atoms with Crippen LogP contribution < -0.4 is 41.7 Å². The summed E-state index contributed by atoms with van der Waals surface area (Å²) >= 11 is 0. The summed E-state index contributed by atoms with van der Waals surface area (Å²) in [6, 6.07) is 3.57. The minimum atomic E-state index is -4.31. The lowest BCUT2D eigenvalue weighted by Crippen LogP contribution is -2.44. The van der Waals surface area contributed by atoms with E-state index in [1.54, 1.807) is 19.9 Å². The van der Waals surface area contributed by atoms with Gasteiger partial charge in [0.2, 0.25) is 0 Å². The van der Waals surface area contributed by atoms with Gasteiger partial charge in [-0.15, -0.1) is 0 Å². The highest BCUT2D eigenvalue weighted by molar-refractivity contribution is 7.45. The Kier molecular flexibility index (Phi) is 24.9. The number of nitrogens with one attached hydrogen (secondary N) is 6. The average Bonchev–Trinajstić information content (AvgIpc) is 3.14. The van der Waals surface area contributed by atoms with Gasteiger partial charge >= 0.3 is 30.5 Å². The lowest BCUT2D eigenvalue weighted by atomic mass is 9.91. The molecule has 57 heavy (non-hydrogen) atoms. The van der Waals surface area contributed by atoms with E-state index >= 15 is 0 Å². The molecule has 0 bridgehead atoms. The highest BCUT2D eigenvalue weighted by Gasteiger charge is 2.32. The number of carbonyl (C=O) groups excluding carboxylic acids is 5. The average molecular weight is 838 g/mol. The van der Waals surface area contributed by atoms with Crippen molar-refractivity contribution in [1.29, 1.82) is 0 Å². The van der Waals surface area contributed by atoms with E-state index in [0.717, 1.165) is 31.1 Å². The Bertz CT molecular complexity index is 1430. The predicted molar refractivity (Wildman–Crippen MR) is 200 cm³/mol. The predicted octanol–water partition coefficient (Wildman–Crippen LogP) is 2.39. The van der Waals surface area contributed by atoms with E-state index in [1.165, 1.54) is 14.2 Å². The zero-order valence-corrected chi connectivity index (χ0v) is 34.5. The van der Waals surface area contributed by atoms with E-state index < -0.39 is 50.0 Å². The van der Waals surface area contributed by atoms with Gasteiger partial charge in [0.25, 0.3) is 7.82 Å². The van der Waals surface area contributed by atoms with Crippen LogP contribution in [0.4, 0.5) is 24.0 Å². The van der Waals surface area contributed by atoms with Crippen molar-refractivity contribution >= 4 is 38.3 Å². The minimum absolute atomic E-state index is 0.103. The second-order valence-electron chi connectivity index (χ2n) is 12.6. The Morgan fingerprint density at radius 1 is 0.702 bits per heavy atom. The van der Waals surface area contributed by atoms with Crippen LogP contribution in [0.25, 0.3) is 0 Å². The first-order valence-electron chi connectivity index (χ1n) is 18.1. The molecule has 1 aromatic carbocycles. The number of aryl methyl sites for hydroxylation is 2. The van der Waals surface area contributed by atoms with Crippen molar-refractivity contribution in [2.75, 3.05) is 87.0 Å². The molecule has 0 aliphatic rings. The van der Waals surface area contributed by atoms with Crippen LogP contribution in [0.5, 0.6) is 5.75 Å². The lowest BCUT2D eigenvalue weighted by molar-refractivity contribution is -0.228. The van der Waals surface area contributed by atoms with Crippen LogP contribution in [0.1, 0.15) is 56.2 Å². The number of amides is 5. The van der Waals surface area contributed by atoms with Crippen LogP contribution in [-0.2, 0) is 47.7 Å². The maximum absolute atomic E-state index is 12.7. The third kappa shape index (κ3) is 23.4. The minimum Gasteiger partial charge on any atom is -0.755 e. The third-order valence-electron chi connectivity index (χ3n) is 7.47. The first-order chi connectivity index (χ1) is 27.0. The molecular weight excluding hydrogens is 779 g/mol. The van der Waals surface area contributed by atoms with Gasteiger partial charge in [0.05, 0.1) is 53.7 Å². The highest BCUT2D eigenvalue weighted by atomic mass is 31.2. The lowest BCUT2D eigenvalue weighted by Gasteiger charge is -2.29. The van der Waals surface area contributed by atoms with Crippen LogP contribution in [-0.4, -0.2) is 124 Å². The van der Waals surface area contributed by atoms with Crippen LogP contribution in [0.3, 0.4) is 0 Å². The number of phosphoric acid groups is 1. The Labute approximate surface area is 332 Å². The molecule has 0 spiro atoms. The van der Waals surface area contributed by atoms with E-state index in [0.29, 0.717) is 31.5 Å². The maximum Gasteiger partial charge on any atom is 0.412 e. The van der Waals surface area contributed by atoms with Crippen molar-refractivity contribution in [2.45, 2.75) is 65.1 Å². The van der Waals surface area contributed by atoms with Crippen molar-refractivity contribution in [3.05, 3.63) is 28.8 Å². The number of unbranched alkanes of at least 4 members (excludes halogenated alkanes) is 3. The second kappa shape index (κ2) is 28.0. The zero-order chi connectivity index (χ0) is 42.7. The summed E-state index contributed by atoms with van der Waals surface area (Å²) in [6.07, 6.45) is -1.69. The largest absolute Gasteiger partial charge is 0.755 e. The summed E-state index contributed by atoms with van der Waals surface area (Å²) in [5.41, 5.74) is 3.27. The Hall–Kier alpha value is -4.44. The summed E-state index contributed by atoms with van der Waals surface area (Å²) in [4.78, 5) is 71.3. The zero-order valence-electron chi connectivity index (χ0n) is 33.6. The second-order valence-corrected chi connectivity index (χ2v) is 14.0. The smallest absolute Gasteiger partial charge is 0.412 e. The third-order valence-corrected chi connectivity index (χ3v) is 8.27. The van der Waals surface area contributed by atoms with E-state index in [9.17, 15) is 33.4 Å². The van der Waals surface area contributed by atoms with Crippen LogP contribution in [0.15, 0.2) is 12.1 Å². The van der Waals surface area contributed by atoms with E-state index in [2.05, 4.69) is 50.7 Å². The summed E-state index contributed by atoms with van der Waals surface area (Å²) in [7, 11) is -0.952. The first-order valence-corrected chi connectivity index (χ1v) is 19.6. The van der Waals surface area contributed by atoms with E-state index in [1.807, 2.05) is 19.9 Å². The molecular formula is C34H58N6O16P-. The van der Waals surface area contributed by atoms with Gasteiger partial charge < -0.3 is 69.2 Å². The fourth-order valence-electron chi connectivity index (χ4n) is 4.92. The fraction of sp³-hybridized carbons (Fsp3) is 0.676. The maximum atomic E-state index is 12.7. The molecule has 0 radical (unpaired) electrons. The monoisotopic (exact) mass is 837 g/mol. The van der Waals surface area contributed by atoms with Crippen molar-refractivity contribution in [1.82, 2.24) is 32.1 Å². The van der Waals surface area contributed by atoms with Crippen molar-refractivity contribution in [3.63, 3.8) is 0 Å². The van der Waals surface area contributed by atoms with Gasteiger partial charge in [-0.25, -0.2) is 28.6 Å². The van der Waals surface area contributed by atoms with E-state index in [-0.39, 0.29) is 58.4 Å². The van der Waals surface area contributed by atoms with Gasteiger partial charge in [-0.3, -0.25) is 4.57 Å². The van der Waals surface area contributed by atoms with Gasteiger partial charge in [-0.05, 0) is 57.7 Å². The fourth-order valence-corrected chi connectivity index (χ4v) is 5.25. The molecule has 0 heterocycles. The number of methoxy groups -OCH3 is 2. The highest BCUT2D eigenvalue weighted by Crippen LogP contribution is 2.37. The molecule has 23 heteroatoms. The summed E-state index contributed by atoms with van der Waals surface area (Å²) in [6.45, 7) is 8.43. The van der Waals surface area contributed by atoms with Gasteiger partial charge in [-0.2, -0.15) is 5.48 Å². The van der Waals surface area contributed by atoms with Gasteiger partial charge in [0.15, 0.2) is 0 Å². The number of alkyl carbamates (subject to hydrolysis) is 4. The van der Waals surface area contributed by atoms with Crippen molar-refractivity contribution in [3.8, 4) is 5.75 Å². The summed E-state index contributed by atoms with van der Waals surface area (Å²) < 4.78 is 56.2. The molecule has 0 saturated carbocycles. The first kappa shape index (κ1) is 50.6. The van der Waals surface area contributed by atoms with Crippen molar-refractivity contribution < 1.29 is 75.7 Å². The van der Waals surface area contributed by atoms with Gasteiger partial charge in [0.1, 0.15) is 17.5 Å². The molecule has 0 aliphatic carbocycles. The summed E-state index contributed by atoms with van der Waals surface area (Å²) in [5.74, 6) is 0.234. The van der Waals surface area contributed by atoms with Crippen molar-refractivity contribution in [2.24, 2.45) is 0 Å². The Balaban J connectivity index is 2.38. The standard InChI is InChI=1S/C34H59N6O16P/c1-24-20-25(2)28(34(3,4)55-33(45)35-12-10-8-9-11-13-40-56-57(46,47)50-7)27(21-24)54-32(44)37-15-17-52-19-18-51-16-14-36-31(43)53-26(22-38-29(41)48-5)23-39-30(42)49-6/h20-21,26,40H,8-19,22-23H2,1-7H3,(H,35,45)(H,36,43)(H,37,44)(H,38,41)(H,39,42)(H,46,47)/p-1. The summed E-state index contributed by atoms with van der Waals surface area (Å²) in [5, 5.41) is 12.6. The van der Waals surface area contributed by atoms with Crippen LogP contribution >= 0.6 is 7.82 Å². The molecule has 1 unspecified atom stereocenters. The topological polar surface area (TPSA) is 281 Å². The molecule has 326 valence electrons. The molecule has 6 N–H and O–H groups in total. The molecule has 0 aliphatic heterocycles. The molecule has 0 aromatic heterocycles. The molecule has 1 aromatic rings. The number of rotatable bonds is 27. The number of benzene rings is 1. The molecule has 5 amide bonds. The Morgan fingerprint density at radius 3 is 1.81 bits per heavy atom. The molecule has 1 rings (SSSR count). The van der Waals surface area contributed by atoms with Gasteiger partial charge in [-0.1, -0.05) is 18.9 Å².